The van der Waals surface area contributed by atoms with E-state index in [0.29, 0.717) is 23.7 Å². The summed E-state index contributed by atoms with van der Waals surface area (Å²) in [5.74, 6) is -0.176. The molecule has 0 aliphatic carbocycles. The average Bonchev–Trinajstić information content (AvgIpc) is 2.38. The first-order valence-corrected chi connectivity index (χ1v) is 7.57. The molecule has 0 saturated carbocycles. The largest absolute Gasteiger partial charge is 0.480 e. The maximum absolute atomic E-state index is 11.3. The SMILES string of the molecule is CCCNC(C)(CCSc1ncccc1Cl)C(=O)O. The van der Waals surface area contributed by atoms with Crippen LogP contribution in [0.15, 0.2) is 23.4 Å². The van der Waals surface area contributed by atoms with Crippen LogP contribution >= 0.6 is 23.4 Å². The minimum absolute atomic E-state index is 0.514. The molecule has 1 aromatic rings. The van der Waals surface area contributed by atoms with Gasteiger partial charge in [-0.05, 0) is 38.4 Å². The first-order valence-electron chi connectivity index (χ1n) is 6.21. The highest BCUT2D eigenvalue weighted by atomic mass is 35.5. The van der Waals surface area contributed by atoms with Crippen molar-refractivity contribution in [1.29, 1.82) is 0 Å². The second kappa shape index (κ2) is 7.72. The van der Waals surface area contributed by atoms with E-state index in [9.17, 15) is 9.90 Å². The van der Waals surface area contributed by atoms with Crippen molar-refractivity contribution in [2.45, 2.75) is 37.3 Å². The Kier molecular flexibility index (Phi) is 6.62. The van der Waals surface area contributed by atoms with Crippen LogP contribution in [0.1, 0.15) is 26.7 Å². The normalized spacial score (nSPS) is 14.1. The van der Waals surface area contributed by atoms with Gasteiger partial charge >= 0.3 is 5.97 Å². The van der Waals surface area contributed by atoms with Crippen LogP contribution in [0.25, 0.3) is 0 Å². The second-order valence-corrected chi connectivity index (χ2v) is 5.94. The number of rotatable bonds is 8. The lowest BCUT2D eigenvalue weighted by Gasteiger charge is -2.26. The molecule has 0 fully saturated rings. The smallest absolute Gasteiger partial charge is 0.323 e. The maximum Gasteiger partial charge on any atom is 0.323 e. The van der Waals surface area contributed by atoms with Crippen LogP contribution in [-0.4, -0.2) is 33.9 Å². The van der Waals surface area contributed by atoms with Gasteiger partial charge in [0.25, 0.3) is 0 Å². The molecule has 1 unspecified atom stereocenters. The molecular formula is C13H19ClN2O2S. The van der Waals surface area contributed by atoms with Crippen molar-refractivity contribution in [3.05, 3.63) is 23.4 Å². The van der Waals surface area contributed by atoms with Crippen molar-refractivity contribution >= 4 is 29.3 Å². The van der Waals surface area contributed by atoms with E-state index < -0.39 is 11.5 Å². The molecule has 0 saturated heterocycles. The predicted molar refractivity (Wildman–Crippen MR) is 78.9 cm³/mol. The fraction of sp³-hybridized carbons (Fsp3) is 0.538. The van der Waals surface area contributed by atoms with E-state index in [1.807, 2.05) is 6.92 Å². The van der Waals surface area contributed by atoms with Crippen LogP contribution in [0.2, 0.25) is 5.02 Å². The molecule has 106 valence electrons. The van der Waals surface area contributed by atoms with E-state index in [4.69, 9.17) is 11.6 Å². The maximum atomic E-state index is 11.3. The molecule has 19 heavy (non-hydrogen) atoms. The Bertz CT molecular complexity index is 431. The van der Waals surface area contributed by atoms with Gasteiger partial charge in [-0.3, -0.25) is 4.79 Å². The minimum Gasteiger partial charge on any atom is -0.480 e. The lowest BCUT2D eigenvalue weighted by Crippen LogP contribution is -2.50. The summed E-state index contributed by atoms with van der Waals surface area (Å²) in [7, 11) is 0. The van der Waals surface area contributed by atoms with Gasteiger partial charge in [0, 0.05) is 11.9 Å². The zero-order valence-electron chi connectivity index (χ0n) is 11.1. The molecule has 0 radical (unpaired) electrons. The highest BCUT2D eigenvalue weighted by molar-refractivity contribution is 7.99. The van der Waals surface area contributed by atoms with Crippen LogP contribution in [0.3, 0.4) is 0 Å². The van der Waals surface area contributed by atoms with Crippen LogP contribution < -0.4 is 5.32 Å². The molecule has 0 amide bonds. The van der Waals surface area contributed by atoms with Crippen molar-refractivity contribution in [2.24, 2.45) is 0 Å². The quantitative estimate of drug-likeness (QED) is 0.723. The molecule has 1 aromatic heterocycles. The van der Waals surface area contributed by atoms with Crippen molar-refractivity contribution in [3.8, 4) is 0 Å². The van der Waals surface area contributed by atoms with E-state index in [2.05, 4.69) is 10.3 Å². The first kappa shape index (κ1) is 16.3. The monoisotopic (exact) mass is 302 g/mol. The Hall–Kier alpha value is -0.780. The number of carboxylic acid groups (broad SMARTS) is 1. The van der Waals surface area contributed by atoms with Crippen LogP contribution in [-0.2, 0) is 4.79 Å². The summed E-state index contributed by atoms with van der Waals surface area (Å²) in [4.78, 5) is 15.5. The highest BCUT2D eigenvalue weighted by Gasteiger charge is 2.31. The van der Waals surface area contributed by atoms with E-state index in [-0.39, 0.29) is 0 Å². The standard InChI is InChI=1S/C13H19ClN2O2S/c1-3-7-16-13(2,12(17)18)6-9-19-11-10(14)5-4-8-15-11/h4-5,8,16H,3,6-7,9H2,1-2H3,(H,17,18). The lowest BCUT2D eigenvalue weighted by atomic mass is 9.99. The topological polar surface area (TPSA) is 62.2 Å². The summed E-state index contributed by atoms with van der Waals surface area (Å²) in [5.41, 5.74) is -0.899. The fourth-order valence-electron chi connectivity index (χ4n) is 1.50. The van der Waals surface area contributed by atoms with E-state index >= 15 is 0 Å². The average molecular weight is 303 g/mol. The molecule has 1 heterocycles. The third kappa shape index (κ3) is 5.01. The Labute approximate surface area is 123 Å². The highest BCUT2D eigenvalue weighted by Crippen LogP contribution is 2.26. The Morgan fingerprint density at radius 2 is 2.37 bits per heavy atom. The number of carboxylic acids is 1. The van der Waals surface area contributed by atoms with E-state index in [1.54, 1.807) is 25.3 Å². The summed E-state index contributed by atoms with van der Waals surface area (Å²) in [6.07, 6.45) is 3.10. The molecule has 0 aliphatic rings. The van der Waals surface area contributed by atoms with Gasteiger partial charge in [0.05, 0.1) is 5.02 Å². The molecule has 0 spiro atoms. The number of aliphatic carboxylic acids is 1. The number of nitrogens with zero attached hydrogens (tertiary/aromatic N) is 1. The van der Waals surface area contributed by atoms with Crippen LogP contribution in [0, 0.1) is 0 Å². The molecule has 2 N–H and O–H groups in total. The fourth-order valence-corrected chi connectivity index (χ4v) is 2.83. The molecule has 6 heteroatoms. The van der Waals surface area contributed by atoms with Crippen molar-refractivity contribution in [1.82, 2.24) is 10.3 Å². The number of halogens is 1. The Balaban J connectivity index is 2.53. The number of hydrogen-bond acceptors (Lipinski definition) is 4. The van der Waals surface area contributed by atoms with Crippen molar-refractivity contribution < 1.29 is 9.90 Å². The minimum atomic E-state index is -0.899. The number of hydrogen-bond donors (Lipinski definition) is 2. The zero-order valence-corrected chi connectivity index (χ0v) is 12.7. The zero-order chi connectivity index (χ0) is 14.3. The summed E-state index contributed by atoms with van der Waals surface area (Å²) in [6.45, 7) is 4.42. The van der Waals surface area contributed by atoms with Gasteiger partial charge in [-0.25, -0.2) is 4.98 Å². The van der Waals surface area contributed by atoms with Crippen molar-refractivity contribution in [3.63, 3.8) is 0 Å². The Morgan fingerprint density at radius 1 is 1.63 bits per heavy atom. The van der Waals surface area contributed by atoms with Gasteiger partial charge in [-0.1, -0.05) is 18.5 Å². The van der Waals surface area contributed by atoms with Crippen LogP contribution in [0.5, 0.6) is 0 Å². The predicted octanol–water partition coefficient (Wildman–Crippen LogP) is 3.06. The van der Waals surface area contributed by atoms with Crippen molar-refractivity contribution in [2.75, 3.05) is 12.3 Å². The molecular weight excluding hydrogens is 284 g/mol. The van der Waals surface area contributed by atoms with Gasteiger partial charge in [0.2, 0.25) is 0 Å². The van der Waals surface area contributed by atoms with Gasteiger partial charge in [-0.2, -0.15) is 0 Å². The second-order valence-electron chi connectivity index (χ2n) is 4.45. The third-order valence-corrected chi connectivity index (χ3v) is 4.23. The van der Waals surface area contributed by atoms with Gasteiger partial charge in [-0.15, -0.1) is 11.8 Å². The number of carbonyl (C=O) groups is 1. The summed E-state index contributed by atoms with van der Waals surface area (Å²) in [5, 5.41) is 13.7. The van der Waals surface area contributed by atoms with Gasteiger partial charge in [0.15, 0.2) is 0 Å². The molecule has 1 rings (SSSR count). The molecule has 0 bridgehead atoms. The molecule has 0 aliphatic heterocycles. The summed E-state index contributed by atoms with van der Waals surface area (Å²) < 4.78 is 0. The number of thioether (sulfide) groups is 1. The van der Waals surface area contributed by atoms with Gasteiger partial charge in [0.1, 0.15) is 10.6 Å². The number of aromatic nitrogens is 1. The number of pyridine rings is 1. The van der Waals surface area contributed by atoms with Crippen LogP contribution in [0.4, 0.5) is 0 Å². The summed E-state index contributed by atoms with van der Waals surface area (Å²) in [6, 6.07) is 3.55. The van der Waals surface area contributed by atoms with E-state index in [1.165, 1.54) is 11.8 Å². The molecule has 1 atom stereocenters. The Morgan fingerprint density at radius 3 is 2.95 bits per heavy atom. The van der Waals surface area contributed by atoms with E-state index in [0.717, 1.165) is 11.4 Å². The van der Waals surface area contributed by atoms with Gasteiger partial charge < -0.3 is 10.4 Å². The summed E-state index contributed by atoms with van der Waals surface area (Å²) >= 11 is 7.48. The number of nitrogens with one attached hydrogen (secondary N) is 1. The first-order chi connectivity index (χ1) is 8.99. The lowest BCUT2D eigenvalue weighted by molar-refractivity contribution is -0.144. The molecule has 0 aromatic carbocycles. The molecule has 4 nitrogen and oxygen atoms in total. The third-order valence-electron chi connectivity index (χ3n) is 2.80.